The van der Waals surface area contributed by atoms with Crippen molar-refractivity contribution in [2.24, 2.45) is 0 Å². The van der Waals surface area contributed by atoms with Gasteiger partial charge in [-0.2, -0.15) is 0 Å². The van der Waals surface area contributed by atoms with Crippen LogP contribution in [0.5, 0.6) is 0 Å². The van der Waals surface area contributed by atoms with Crippen molar-refractivity contribution in [1.29, 1.82) is 0 Å². The topological polar surface area (TPSA) is 27.3 Å². The van der Waals surface area contributed by atoms with Gasteiger partial charge in [0.05, 0.1) is 0 Å². The van der Waals surface area contributed by atoms with Crippen molar-refractivity contribution in [3.05, 3.63) is 12.3 Å². The predicted octanol–water partition coefficient (Wildman–Crippen LogP) is 0.0148. The number of hydrogen-bond acceptors (Lipinski definition) is 3. The first-order valence-corrected chi connectivity index (χ1v) is 4.75. The molecule has 1 fully saturated rings. The maximum atomic E-state index is 3.33. The molecule has 0 spiro atoms. The van der Waals surface area contributed by atoms with Gasteiger partial charge in [0.15, 0.2) is 0 Å². The Bertz CT molecular complexity index is 128. The molecule has 1 heterocycles. The van der Waals surface area contributed by atoms with E-state index in [2.05, 4.69) is 28.5 Å². The zero-order valence-electron chi connectivity index (χ0n) is 7.84. The Morgan fingerprint density at radius 3 is 2.83 bits per heavy atom. The van der Waals surface area contributed by atoms with Crippen LogP contribution in [-0.2, 0) is 0 Å². The lowest BCUT2D eigenvalue weighted by atomic mass is 10.3. The van der Waals surface area contributed by atoms with E-state index in [-0.39, 0.29) is 0 Å². The Balaban J connectivity index is 2.04. The highest BCUT2D eigenvalue weighted by Gasteiger charge is 2.05. The number of hydrogen-bond donors (Lipinski definition) is 2. The molecule has 2 N–H and O–H groups in total. The van der Waals surface area contributed by atoms with Crippen LogP contribution in [0.15, 0.2) is 12.3 Å². The third kappa shape index (κ3) is 3.74. The molecule has 0 aromatic rings. The second kappa shape index (κ2) is 6.03. The highest BCUT2D eigenvalue weighted by molar-refractivity contribution is 4.84. The van der Waals surface area contributed by atoms with E-state index in [4.69, 9.17) is 0 Å². The molecule has 1 saturated heterocycles. The average Bonchev–Trinajstić information content (AvgIpc) is 2.14. The summed E-state index contributed by atoms with van der Waals surface area (Å²) in [6.45, 7) is 8.82. The second-order valence-electron chi connectivity index (χ2n) is 3.01. The first-order chi connectivity index (χ1) is 5.93. The molecule has 1 aliphatic rings. The van der Waals surface area contributed by atoms with Crippen LogP contribution in [0.2, 0.25) is 0 Å². The van der Waals surface area contributed by atoms with Gasteiger partial charge >= 0.3 is 0 Å². The highest BCUT2D eigenvalue weighted by Crippen LogP contribution is 1.90. The average molecular weight is 169 g/mol. The minimum Gasteiger partial charge on any atom is -0.391 e. The SMILES string of the molecule is CCN/C=C\CN1CCNCC1. The largest absolute Gasteiger partial charge is 0.391 e. The predicted molar refractivity (Wildman–Crippen MR) is 52.1 cm³/mol. The van der Waals surface area contributed by atoms with E-state index in [9.17, 15) is 0 Å². The monoisotopic (exact) mass is 169 g/mol. The molecule has 70 valence electrons. The van der Waals surface area contributed by atoms with Crippen molar-refractivity contribution >= 4 is 0 Å². The summed E-state index contributed by atoms with van der Waals surface area (Å²) in [5.41, 5.74) is 0. The summed E-state index contributed by atoms with van der Waals surface area (Å²) in [5.74, 6) is 0. The van der Waals surface area contributed by atoms with Crippen LogP contribution in [0.25, 0.3) is 0 Å². The second-order valence-corrected chi connectivity index (χ2v) is 3.01. The Kier molecular flexibility index (Phi) is 4.80. The van der Waals surface area contributed by atoms with Gasteiger partial charge < -0.3 is 10.6 Å². The van der Waals surface area contributed by atoms with Crippen molar-refractivity contribution < 1.29 is 0 Å². The maximum absolute atomic E-state index is 3.33. The summed E-state index contributed by atoms with van der Waals surface area (Å²) in [4.78, 5) is 2.45. The fraction of sp³-hybridized carbons (Fsp3) is 0.778. The van der Waals surface area contributed by atoms with Gasteiger partial charge in [0.1, 0.15) is 0 Å². The molecule has 3 nitrogen and oxygen atoms in total. The molecule has 0 radical (unpaired) electrons. The zero-order chi connectivity index (χ0) is 8.65. The number of piperazine rings is 1. The fourth-order valence-corrected chi connectivity index (χ4v) is 1.30. The molecular weight excluding hydrogens is 150 g/mol. The zero-order valence-corrected chi connectivity index (χ0v) is 7.84. The van der Waals surface area contributed by atoms with Gasteiger partial charge in [-0.15, -0.1) is 0 Å². The Morgan fingerprint density at radius 2 is 2.17 bits per heavy atom. The summed E-state index contributed by atoms with van der Waals surface area (Å²) in [6, 6.07) is 0. The third-order valence-electron chi connectivity index (χ3n) is 2.01. The van der Waals surface area contributed by atoms with E-state index in [1.807, 2.05) is 6.20 Å². The van der Waals surface area contributed by atoms with Crippen LogP contribution in [0.4, 0.5) is 0 Å². The van der Waals surface area contributed by atoms with Crippen molar-refractivity contribution in [3.8, 4) is 0 Å². The van der Waals surface area contributed by atoms with Crippen molar-refractivity contribution in [3.63, 3.8) is 0 Å². The van der Waals surface area contributed by atoms with Crippen LogP contribution in [-0.4, -0.2) is 44.2 Å². The van der Waals surface area contributed by atoms with E-state index < -0.39 is 0 Å². The smallest absolute Gasteiger partial charge is 0.0181 e. The highest BCUT2D eigenvalue weighted by atomic mass is 15.2. The molecule has 0 unspecified atom stereocenters. The molecule has 3 heteroatoms. The summed E-state index contributed by atoms with van der Waals surface area (Å²) in [7, 11) is 0. The van der Waals surface area contributed by atoms with Gasteiger partial charge in [0.25, 0.3) is 0 Å². The lowest BCUT2D eigenvalue weighted by molar-refractivity contribution is 0.264. The molecule has 12 heavy (non-hydrogen) atoms. The summed E-state index contributed by atoms with van der Waals surface area (Å²) in [5, 5.41) is 6.50. The molecule has 1 aliphatic heterocycles. The van der Waals surface area contributed by atoms with Crippen LogP contribution in [0, 0.1) is 0 Å². The molecular formula is C9H19N3. The Labute approximate surface area is 74.8 Å². The van der Waals surface area contributed by atoms with E-state index in [1.54, 1.807) is 0 Å². The first kappa shape index (κ1) is 9.55. The normalized spacial score (nSPS) is 20.1. The van der Waals surface area contributed by atoms with E-state index in [0.717, 1.165) is 26.2 Å². The minimum absolute atomic E-state index is 1.01. The molecule has 0 aromatic heterocycles. The quantitative estimate of drug-likeness (QED) is 0.621. The third-order valence-corrected chi connectivity index (χ3v) is 2.01. The standard InChI is InChI=1S/C9H19N3/c1-2-10-4-3-7-12-8-5-11-6-9-12/h3-4,10-11H,2,5-9H2,1H3/b4-3-. The maximum Gasteiger partial charge on any atom is 0.0181 e. The van der Waals surface area contributed by atoms with Gasteiger partial charge in [0.2, 0.25) is 0 Å². The van der Waals surface area contributed by atoms with Gasteiger partial charge in [-0.05, 0) is 13.1 Å². The lowest BCUT2D eigenvalue weighted by Gasteiger charge is -2.25. The molecule has 0 bridgehead atoms. The van der Waals surface area contributed by atoms with Crippen LogP contribution < -0.4 is 10.6 Å². The summed E-state index contributed by atoms with van der Waals surface area (Å²) >= 11 is 0. The number of nitrogens with one attached hydrogen (secondary N) is 2. The Morgan fingerprint density at radius 1 is 1.42 bits per heavy atom. The molecule has 1 rings (SSSR count). The van der Waals surface area contributed by atoms with E-state index in [1.165, 1.54) is 13.1 Å². The summed E-state index contributed by atoms with van der Waals surface area (Å²) in [6.07, 6.45) is 4.23. The van der Waals surface area contributed by atoms with Gasteiger partial charge in [-0.3, -0.25) is 4.90 Å². The van der Waals surface area contributed by atoms with Crippen LogP contribution >= 0.6 is 0 Å². The van der Waals surface area contributed by atoms with Crippen LogP contribution in [0.1, 0.15) is 6.92 Å². The van der Waals surface area contributed by atoms with E-state index in [0.29, 0.717) is 0 Å². The number of nitrogens with zero attached hydrogens (tertiary/aromatic N) is 1. The van der Waals surface area contributed by atoms with Gasteiger partial charge in [-0.1, -0.05) is 6.08 Å². The van der Waals surface area contributed by atoms with E-state index >= 15 is 0 Å². The van der Waals surface area contributed by atoms with Crippen molar-refractivity contribution in [2.45, 2.75) is 6.92 Å². The number of rotatable bonds is 4. The van der Waals surface area contributed by atoms with Gasteiger partial charge in [-0.25, -0.2) is 0 Å². The molecule has 0 aromatic carbocycles. The first-order valence-electron chi connectivity index (χ1n) is 4.75. The minimum atomic E-state index is 1.01. The molecule has 0 atom stereocenters. The van der Waals surface area contributed by atoms with Crippen LogP contribution in [0.3, 0.4) is 0 Å². The molecule has 0 saturated carbocycles. The molecule has 0 aliphatic carbocycles. The molecule has 0 amide bonds. The lowest BCUT2D eigenvalue weighted by Crippen LogP contribution is -2.43. The Hall–Kier alpha value is -0.540. The van der Waals surface area contributed by atoms with Gasteiger partial charge in [0, 0.05) is 39.3 Å². The summed E-state index contributed by atoms with van der Waals surface area (Å²) < 4.78 is 0. The fourth-order valence-electron chi connectivity index (χ4n) is 1.30. The van der Waals surface area contributed by atoms with Crippen molar-refractivity contribution in [1.82, 2.24) is 15.5 Å². The van der Waals surface area contributed by atoms with Crippen molar-refractivity contribution in [2.75, 3.05) is 39.3 Å².